The molecular weight excluding hydrogens is 348 g/mol. The first-order valence-electron chi connectivity index (χ1n) is 7.12. The average Bonchev–Trinajstić information content (AvgIpc) is 2.48. The van der Waals surface area contributed by atoms with Crippen molar-refractivity contribution in [3.8, 4) is 0 Å². The highest BCUT2D eigenvalue weighted by Crippen LogP contribution is 2.26. The zero-order valence-corrected chi connectivity index (χ0v) is 14.7. The van der Waals surface area contributed by atoms with E-state index in [1.807, 2.05) is 18.2 Å². The first-order chi connectivity index (χ1) is 10.2. The van der Waals surface area contributed by atoms with Crippen molar-refractivity contribution in [2.24, 2.45) is 0 Å². The number of nitrogens with zero attached hydrogens (tertiary/aromatic N) is 3. The maximum Gasteiger partial charge on any atom is 0.132 e. The summed E-state index contributed by atoms with van der Waals surface area (Å²) in [5, 5.41) is 5.20. The van der Waals surface area contributed by atoms with Crippen LogP contribution in [0.5, 0.6) is 0 Å². The molecule has 0 fully saturated rings. The van der Waals surface area contributed by atoms with Crippen molar-refractivity contribution in [1.82, 2.24) is 15.0 Å². The summed E-state index contributed by atoms with van der Waals surface area (Å²) in [6, 6.07) is 5.96. The topological polar surface area (TPSA) is 50.7 Å². The van der Waals surface area contributed by atoms with Crippen LogP contribution in [0.2, 0.25) is 0 Å². The van der Waals surface area contributed by atoms with Gasteiger partial charge in [-0.25, -0.2) is 15.0 Å². The average molecular weight is 367 g/mol. The fourth-order valence-electron chi connectivity index (χ4n) is 1.73. The van der Waals surface area contributed by atoms with Crippen molar-refractivity contribution in [3.05, 3.63) is 34.7 Å². The second kappa shape index (κ2) is 8.34. The zero-order valence-electron chi connectivity index (χ0n) is 12.3. The minimum Gasteiger partial charge on any atom is -0.370 e. The fourth-order valence-corrected chi connectivity index (χ4v) is 2.75. The van der Waals surface area contributed by atoms with Gasteiger partial charge in [0.1, 0.15) is 21.7 Å². The van der Waals surface area contributed by atoms with E-state index in [9.17, 15) is 0 Å². The molecule has 0 aromatic carbocycles. The van der Waals surface area contributed by atoms with Crippen LogP contribution in [0.3, 0.4) is 0 Å². The van der Waals surface area contributed by atoms with Crippen LogP contribution in [0.25, 0.3) is 0 Å². The Kier molecular flexibility index (Phi) is 6.45. The SMILES string of the molecule is CCCNc1cc(Sc2ccc(Br)cn2)nc(CCC)n1. The van der Waals surface area contributed by atoms with Crippen molar-refractivity contribution in [2.45, 2.75) is 43.2 Å². The van der Waals surface area contributed by atoms with Crippen LogP contribution in [-0.4, -0.2) is 21.5 Å². The van der Waals surface area contributed by atoms with Gasteiger partial charge < -0.3 is 5.32 Å². The predicted octanol–water partition coefficient (Wildman–Crippen LogP) is 4.56. The molecule has 0 radical (unpaired) electrons. The van der Waals surface area contributed by atoms with Crippen LogP contribution in [0, 0.1) is 0 Å². The number of halogens is 1. The summed E-state index contributed by atoms with van der Waals surface area (Å²) < 4.78 is 0.978. The molecule has 0 aliphatic carbocycles. The first-order valence-corrected chi connectivity index (χ1v) is 8.73. The van der Waals surface area contributed by atoms with Crippen molar-refractivity contribution >= 4 is 33.5 Å². The second-order valence-corrected chi connectivity index (χ2v) is 6.56. The largest absolute Gasteiger partial charge is 0.370 e. The number of hydrogen-bond acceptors (Lipinski definition) is 5. The summed E-state index contributed by atoms with van der Waals surface area (Å²) in [5.41, 5.74) is 0. The Bertz CT molecular complexity index is 574. The third-order valence-corrected chi connectivity index (χ3v) is 4.03. The number of nitrogens with one attached hydrogen (secondary N) is 1. The van der Waals surface area contributed by atoms with E-state index in [2.05, 4.69) is 50.0 Å². The Morgan fingerprint density at radius 2 is 2.00 bits per heavy atom. The second-order valence-electron chi connectivity index (χ2n) is 4.60. The van der Waals surface area contributed by atoms with Gasteiger partial charge in [0.05, 0.1) is 0 Å². The first kappa shape index (κ1) is 16.2. The summed E-state index contributed by atoms with van der Waals surface area (Å²) in [7, 11) is 0. The summed E-state index contributed by atoms with van der Waals surface area (Å²) in [6.07, 6.45) is 4.80. The fraction of sp³-hybridized carbons (Fsp3) is 0.400. The molecule has 2 rings (SSSR count). The lowest BCUT2D eigenvalue weighted by Gasteiger charge is -2.08. The molecule has 112 valence electrons. The Hall–Kier alpha value is -1.14. The lowest BCUT2D eigenvalue weighted by atomic mass is 10.3. The molecule has 2 aromatic heterocycles. The van der Waals surface area contributed by atoms with E-state index >= 15 is 0 Å². The predicted molar refractivity (Wildman–Crippen MR) is 90.9 cm³/mol. The van der Waals surface area contributed by atoms with E-state index in [1.165, 1.54) is 0 Å². The maximum absolute atomic E-state index is 4.61. The van der Waals surface area contributed by atoms with Gasteiger partial charge >= 0.3 is 0 Å². The lowest BCUT2D eigenvalue weighted by molar-refractivity contribution is 0.807. The number of anilines is 1. The third kappa shape index (κ3) is 5.28. The smallest absolute Gasteiger partial charge is 0.132 e. The van der Waals surface area contributed by atoms with Crippen LogP contribution in [0.4, 0.5) is 5.82 Å². The molecule has 0 aliphatic heterocycles. The molecule has 0 bridgehead atoms. The minimum atomic E-state index is 0.887. The third-order valence-electron chi connectivity index (χ3n) is 2.69. The van der Waals surface area contributed by atoms with Gasteiger partial charge in [-0.1, -0.05) is 13.8 Å². The van der Waals surface area contributed by atoms with Crippen LogP contribution in [0.15, 0.2) is 38.9 Å². The van der Waals surface area contributed by atoms with Gasteiger partial charge in [-0.05, 0) is 52.7 Å². The molecule has 0 aliphatic rings. The highest BCUT2D eigenvalue weighted by Gasteiger charge is 2.07. The van der Waals surface area contributed by atoms with Crippen LogP contribution < -0.4 is 5.32 Å². The number of hydrogen-bond donors (Lipinski definition) is 1. The summed E-state index contributed by atoms with van der Waals surface area (Å²) in [6.45, 7) is 5.20. The van der Waals surface area contributed by atoms with Crippen molar-refractivity contribution in [2.75, 3.05) is 11.9 Å². The van der Waals surface area contributed by atoms with E-state index in [1.54, 1.807) is 18.0 Å². The molecule has 1 N–H and O–H groups in total. The van der Waals surface area contributed by atoms with Gasteiger partial charge in [0.2, 0.25) is 0 Å². The van der Waals surface area contributed by atoms with Gasteiger partial charge in [-0.15, -0.1) is 0 Å². The van der Waals surface area contributed by atoms with E-state index < -0.39 is 0 Å². The van der Waals surface area contributed by atoms with Gasteiger partial charge in [0, 0.05) is 29.7 Å². The highest BCUT2D eigenvalue weighted by atomic mass is 79.9. The van der Waals surface area contributed by atoms with Gasteiger partial charge in [-0.2, -0.15) is 0 Å². The standard InChI is InChI=1S/C15H19BrN4S/c1-3-5-12-19-13(17-8-4-2)9-15(20-12)21-14-7-6-11(16)10-18-14/h6-7,9-10H,3-5,8H2,1-2H3,(H,17,19,20). The monoisotopic (exact) mass is 366 g/mol. The highest BCUT2D eigenvalue weighted by molar-refractivity contribution is 9.10. The Morgan fingerprint density at radius 1 is 1.14 bits per heavy atom. The van der Waals surface area contributed by atoms with Crippen molar-refractivity contribution in [3.63, 3.8) is 0 Å². The molecule has 2 aromatic rings. The molecule has 0 amide bonds. The zero-order chi connectivity index (χ0) is 15.1. The maximum atomic E-state index is 4.61. The Balaban J connectivity index is 2.19. The summed E-state index contributed by atoms with van der Waals surface area (Å²) in [4.78, 5) is 13.5. The normalized spacial score (nSPS) is 10.6. The molecule has 2 heterocycles. The van der Waals surface area contributed by atoms with Crippen LogP contribution in [0.1, 0.15) is 32.5 Å². The molecule has 0 atom stereocenters. The van der Waals surface area contributed by atoms with Crippen molar-refractivity contribution < 1.29 is 0 Å². The molecule has 0 unspecified atom stereocenters. The lowest BCUT2D eigenvalue weighted by Crippen LogP contribution is -2.05. The molecule has 6 heteroatoms. The molecule has 4 nitrogen and oxygen atoms in total. The Morgan fingerprint density at radius 3 is 2.67 bits per heavy atom. The molecule has 0 saturated heterocycles. The van der Waals surface area contributed by atoms with E-state index in [-0.39, 0.29) is 0 Å². The van der Waals surface area contributed by atoms with Crippen LogP contribution >= 0.6 is 27.7 Å². The van der Waals surface area contributed by atoms with Crippen LogP contribution in [-0.2, 0) is 6.42 Å². The Labute approximate surface area is 138 Å². The van der Waals surface area contributed by atoms with Gasteiger partial charge in [0.25, 0.3) is 0 Å². The summed E-state index contributed by atoms with van der Waals surface area (Å²) >= 11 is 4.96. The number of pyridine rings is 1. The van der Waals surface area contributed by atoms with E-state index in [0.29, 0.717) is 0 Å². The van der Waals surface area contributed by atoms with Crippen molar-refractivity contribution in [1.29, 1.82) is 0 Å². The summed E-state index contributed by atoms with van der Waals surface area (Å²) in [5.74, 6) is 1.79. The van der Waals surface area contributed by atoms with Gasteiger partial charge in [0.15, 0.2) is 0 Å². The quantitative estimate of drug-likeness (QED) is 0.727. The number of rotatable bonds is 7. The van der Waals surface area contributed by atoms with E-state index in [0.717, 1.165) is 52.0 Å². The van der Waals surface area contributed by atoms with Gasteiger partial charge in [-0.3, -0.25) is 0 Å². The minimum absolute atomic E-state index is 0.887. The molecular formula is C15H19BrN4S. The molecule has 0 saturated carbocycles. The molecule has 21 heavy (non-hydrogen) atoms. The van der Waals surface area contributed by atoms with E-state index in [4.69, 9.17) is 0 Å². The number of aryl methyl sites for hydroxylation is 1. The number of aromatic nitrogens is 3. The molecule has 0 spiro atoms.